The summed E-state index contributed by atoms with van der Waals surface area (Å²) in [6, 6.07) is 0. The number of nitrogens with zero attached hydrogens (tertiary/aromatic N) is 2. The highest BCUT2D eigenvalue weighted by Crippen LogP contribution is 2.42. The van der Waals surface area contributed by atoms with Crippen molar-refractivity contribution in [2.24, 2.45) is 0 Å². The van der Waals surface area contributed by atoms with Gasteiger partial charge in [-0.2, -0.15) is 11.8 Å². The Balaban J connectivity index is 1.95. The maximum atomic E-state index is 6.27. The van der Waals surface area contributed by atoms with E-state index in [0.29, 0.717) is 16.3 Å². The van der Waals surface area contributed by atoms with Crippen LogP contribution in [0.4, 0.5) is 0 Å². The van der Waals surface area contributed by atoms with Crippen molar-refractivity contribution in [1.82, 2.24) is 9.97 Å². The van der Waals surface area contributed by atoms with Crippen molar-refractivity contribution in [3.8, 4) is 0 Å². The van der Waals surface area contributed by atoms with Gasteiger partial charge in [0, 0.05) is 5.92 Å². The molecule has 0 radical (unpaired) electrons. The molecule has 1 saturated carbocycles. The number of hydrogen-bond acceptors (Lipinski definition) is 3. The van der Waals surface area contributed by atoms with E-state index in [9.17, 15) is 0 Å². The highest BCUT2D eigenvalue weighted by Gasteiger charge is 2.27. The van der Waals surface area contributed by atoms with Gasteiger partial charge in [-0.15, -0.1) is 0 Å². The minimum atomic E-state index is 0.454. The van der Waals surface area contributed by atoms with Crippen molar-refractivity contribution in [3.63, 3.8) is 0 Å². The standard InChI is InChI=1S/C13H16BrClN2S/c14-10-11(8-4-1-2-5-8)16-13(17-12(10)15)9-6-3-7-18-9/h8-9H,1-7H2. The fourth-order valence-electron chi connectivity index (χ4n) is 2.85. The van der Waals surface area contributed by atoms with Crippen LogP contribution in [0.15, 0.2) is 4.47 Å². The summed E-state index contributed by atoms with van der Waals surface area (Å²) in [5.41, 5.74) is 1.15. The zero-order valence-corrected chi connectivity index (χ0v) is 13.3. The number of halogens is 2. The summed E-state index contributed by atoms with van der Waals surface area (Å²) in [6.07, 6.45) is 7.56. The number of thioether (sulfide) groups is 1. The van der Waals surface area contributed by atoms with E-state index < -0.39 is 0 Å². The van der Waals surface area contributed by atoms with Crippen molar-refractivity contribution in [3.05, 3.63) is 21.1 Å². The topological polar surface area (TPSA) is 25.8 Å². The first kappa shape index (κ1) is 13.2. The molecule has 0 spiro atoms. The van der Waals surface area contributed by atoms with E-state index >= 15 is 0 Å². The van der Waals surface area contributed by atoms with Gasteiger partial charge in [0.2, 0.25) is 0 Å². The molecule has 3 rings (SSSR count). The zero-order chi connectivity index (χ0) is 12.5. The predicted molar refractivity (Wildman–Crippen MR) is 80.4 cm³/mol. The van der Waals surface area contributed by atoms with Gasteiger partial charge in [0.1, 0.15) is 11.0 Å². The summed E-state index contributed by atoms with van der Waals surface area (Å²) in [5, 5.41) is 1.05. The Morgan fingerprint density at radius 2 is 1.89 bits per heavy atom. The monoisotopic (exact) mass is 346 g/mol. The average molecular weight is 348 g/mol. The molecule has 1 saturated heterocycles. The largest absolute Gasteiger partial charge is 0.235 e. The average Bonchev–Trinajstić information content (AvgIpc) is 3.03. The summed E-state index contributed by atoms with van der Waals surface area (Å²) >= 11 is 11.8. The van der Waals surface area contributed by atoms with Crippen molar-refractivity contribution >= 4 is 39.3 Å². The Morgan fingerprint density at radius 1 is 1.11 bits per heavy atom. The van der Waals surface area contributed by atoms with Crippen LogP contribution < -0.4 is 0 Å². The fourth-order valence-corrected chi connectivity index (χ4v) is 4.74. The molecular formula is C13H16BrClN2S. The normalized spacial score (nSPS) is 24.9. The second kappa shape index (κ2) is 5.68. The van der Waals surface area contributed by atoms with E-state index in [4.69, 9.17) is 16.6 Å². The lowest BCUT2D eigenvalue weighted by Crippen LogP contribution is -2.06. The molecule has 1 unspecified atom stereocenters. The van der Waals surface area contributed by atoms with Gasteiger partial charge in [-0.1, -0.05) is 24.4 Å². The molecule has 1 aromatic heterocycles. The van der Waals surface area contributed by atoms with Gasteiger partial charge in [0.15, 0.2) is 0 Å². The summed E-state index contributed by atoms with van der Waals surface area (Å²) in [4.78, 5) is 9.31. The van der Waals surface area contributed by atoms with Crippen LogP contribution in [0.1, 0.15) is 61.2 Å². The Morgan fingerprint density at radius 3 is 2.56 bits per heavy atom. The lowest BCUT2D eigenvalue weighted by molar-refractivity contribution is 0.670. The van der Waals surface area contributed by atoms with Crippen LogP contribution in [0.3, 0.4) is 0 Å². The quantitative estimate of drug-likeness (QED) is 0.695. The first-order valence-corrected chi connectivity index (χ1v) is 8.82. The van der Waals surface area contributed by atoms with Crippen LogP contribution in [0.2, 0.25) is 5.15 Å². The van der Waals surface area contributed by atoms with Crippen molar-refractivity contribution in [2.75, 3.05) is 5.75 Å². The minimum absolute atomic E-state index is 0.454. The van der Waals surface area contributed by atoms with Crippen LogP contribution in [-0.2, 0) is 0 Å². The van der Waals surface area contributed by atoms with E-state index in [2.05, 4.69) is 20.9 Å². The van der Waals surface area contributed by atoms with Gasteiger partial charge >= 0.3 is 0 Å². The Bertz CT molecular complexity index is 443. The van der Waals surface area contributed by atoms with Crippen molar-refractivity contribution in [2.45, 2.75) is 49.7 Å². The van der Waals surface area contributed by atoms with Crippen LogP contribution in [0, 0.1) is 0 Å². The molecule has 1 atom stereocenters. The first-order chi connectivity index (χ1) is 8.75. The third-order valence-corrected chi connectivity index (χ3v) is 6.47. The molecule has 0 N–H and O–H groups in total. The first-order valence-electron chi connectivity index (χ1n) is 6.60. The molecule has 2 heterocycles. The fraction of sp³-hybridized carbons (Fsp3) is 0.692. The van der Waals surface area contributed by atoms with Gasteiger partial charge < -0.3 is 0 Å². The van der Waals surface area contributed by atoms with E-state index in [1.54, 1.807) is 0 Å². The molecule has 1 aliphatic heterocycles. The molecule has 2 nitrogen and oxygen atoms in total. The molecule has 0 bridgehead atoms. The van der Waals surface area contributed by atoms with Crippen LogP contribution in [0.5, 0.6) is 0 Å². The Labute approximate surface area is 125 Å². The molecular weight excluding hydrogens is 332 g/mol. The van der Waals surface area contributed by atoms with Gasteiger partial charge in [0.05, 0.1) is 15.4 Å². The second-order valence-corrected chi connectivity index (χ2v) is 7.52. The van der Waals surface area contributed by atoms with Gasteiger partial charge in [0.25, 0.3) is 0 Å². The highest BCUT2D eigenvalue weighted by atomic mass is 79.9. The van der Waals surface area contributed by atoms with Gasteiger partial charge in [-0.25, -0.2) is 9.97 Å². The predicted octanol–water partition coefficient (Wildman–Crippen LogP) is 5.12. The van der Waals surface area contributed by atoms with Crippen LogP contribution >= 0.6 is 39.3 Å². The molecule has 0 aromatic carbocycles. The van der Waals surface area contributed by atoms with Crippen LogP contribution in [-0.4, -0.2) is 15.7 Å². The van der Waals surface area contributed by atoms with E-state index in [1.807, 2.05) is 11.8 Å². The lowest BCUT2D eigenvalue weighted by Gasteiger charge is -2.15. The van der Waals surface area contributed by atoms with Gasteiger partial charge in [-0.05, 0) is 47.4 Å². The molecule has 2 fully saturated rings. The zero-order valence-electron chi connectivity index (χ0n) is 10.2. The number of rotatable bonds is 2. The summed E-state index contributed by atoms with van der Waals surface area (Å²) < 4.78 is 0.919. The third-order valence-electron chi connectivity index (χ3n) is 3.81. The molecule has 98 valence electrons. The van der Waals surface area contributed by atoms with E-state index in [0.717, 1.165) is 16.0 Å². The molecule has 18 heavy (non-hydrogen) atoms. The maximum absolute atomic E-state index is 6.27. The summed E-state index contributed by atoms with van der Waals surface area (Å²) in [5.74, 6) is 2.75. The highest BCUT2D eigenvalue weighted by molar-refractivity contribution is 9.10. The summed E-state index contributed by atoms with van der Waals surface area (Å²) in [6.45, 7) is 0. The molecule has 0 amide bonds. The van der Waals surface area contributed by atoms with Crippen molar-refractivity contribution in [1.29, 1.82) is 0 Å². The lowest BCUT2D eigenvalue weighted by atomic mass is 10.0. The molecule has 1 aliphatic carbocycles. The minimum Gasteiger partial charge on any atom is -0.235 e. The van der Waals surface area contributed by atoms with Crippen molar-refractivity contribution < 1.29 is 0 Å². The number of aromatic nitrogens is 2. The smallest absolute Gasteiger partial charge is 0.147 e. The Kier molecular flexibility index (Phi) is 4.16. The van der Waals surface area contributed by atoms with E-state index in [1.165, 1.54) is 44.3 Å². The molecule has 2 aliphatic rings. The van der Waals surface area contributed by atoms with E-state index in [-0.39, 0.29) is 0 Å². The SMILES string of the molecule is Clc1nc(C2CCCS2)nc(C2CCCC2)c1Br. The maximum Gasteiger partial charge on any atom is 0.147 e. The molecule has 1 aromatic rings. The molecule has 5 heteroatoms. The van der Waals surface area contributed by atoms with Gasteiger partial charge in [-0.3, -0.25) is 0 Å². The second-order valence-electron chi connectivity index (χ2n) is 5.05. The summed E-state index contributed by atoms with van der Waals surface area (Å²) in [7, 11) is 0. The number of hydrogen-bond donors (Lipinski definition) is 0. The van der Waals surface area contributed by atoms with Crippen LogP contribution in [0.25, 0.3) is 0 Å². The third kappa shape index (κ3) is 2.56. The Hall–Kier alpha value is 0.200.